The van der Waals surface area contributed by atoms with Crippen LogP contribution in [0.4, 0.5) is 5.69 Å². The van der Waals surface area contributed by atoms with E-state index in [4.69, 9.17) is 10.8 Å². The smallest absolute Gasteiger partial charge is 0.335 e. The lowest BCUT2D eigenvalue weighted by atomic mass is 10.0. The second-order valence-electron chi connectivity index (χ2n) is 4.24. The molecule has 0 unspecified atom stereocenters. The van der Waals surface area contributed by atoms with Gasteiger partial charge in [0.25, 0.3) is 0 Å². The lowest BCUT2D eigenvalue weighted by molar-refractivity contribution is 0.0697. The molecule has 0 saturated carbocycles. The van der Waals surface area contributed by atoms with E-state index in [1.807, 2.05) is 36.4 Å². The van der Waals surface area contributed by atoms with Gasteiger partial charge in [-0.3, -0.25) is 0 Å². The summed E-state index contributed by atoms with van der Waals surface area (Å²) in [5, 5.41) is 8.80. The minimum absolute atomic E-state index is 0.325. The summed E-state index contributed by atoms with van der Waals surface area (Å²) in [7, 11) is 0. The van der Waals surface area contributed by atoms with Crippen molar-refractivity contribution in [3.8, 4) is 0 Å². The first-order valence-electron chi connectivity index (χ1n) is 5.82. The summed E-state index contributed by atoms with van der Waals surface area (Å²) in [5.74, 6) is -0.889. The van der Waals surface area contributed by atoms with Crippen molar-refractivity contribution < 1.29 is 9.90 Å². The fourth-order valence-electron chi connectivity index (χ4n) is 1.79. The molecule has 0 aliphatic carbocycles. The van der Waals surface area contributed by atoms with Gasteiger partial charge in [0.15, 0.2) is 0 Å². The van der Waals surface area contributed by atoms with Gasteiger partial charge >= 0.3 is 5.97 Å². The average molecular weight is 241 g/mol. The number of nitrogens with two attached hydrogens (primary N) is 1. The van der Waals surface area contributed by atoms with Gasteiger partial charge in [0.1, 0.15) is 0 Å². The Morgan fingerprint density at radius 1 is 0.889 bits per heavy atom. The number of hydrogen-bond acceptors (Lipinski definition) is 2. The van der Waals surface area contributed by atoms with Gasteiger partial charge in [-0.05, 0) is 48.2 Å². The predicted molar refractivity (Wildman–Crippen MR) is 71.7 cm³/mol. The zero-order valence-corrected chi connectivity index (χ0v) is 9.97. The first-order valence-corrected chi connectivity index (χ1v) is 5.82. The Balaban J connectivity index is 1.97. The molecular formula is C15H15NO2. The number of benzene rings is 2. The Bertz CT molecular complexity index is 529. The molecule has 0 aliphatic heterocycles. The summed E-state index contributed by atoms with van der Waals surface area (Å²) in [5.41, 5.74) is 9.08. The normalized spacial score (nSPS) is 10.2. The molecule has 0 aliphatic rings. The average Bonchev–Trinajstić information content (AvgIpc) is 2.38. The highest BCUT2D eigenvalue weighted by molar-refractivity contribution is 5.87. The summed E-state index contributed by atoms with van der Waals surface area (Å²) in [6, 6.07) is 14.8. The number of carbonyl (C=O) groups is 1. The number of nitrogen functional groups attached to an aromatic ring is 1. The maximum atomic E-state index is 10.7. The van der Waals surface area contributed by atoms with E-state index < -0.39 is 5.97 Å². The Labute approximate surface area is 106 Å². The lowest BCUT2D eigenvalue weighted by Crippen LogP contribution is -1.97. The topological polar surface area (TPSA) is 63.3 Å². The Morgan fingerprint density at radius 3 is 1.78 bits per heavy atom. The maximum Gasteiger partial charge on any atom is 0.335 e. The van der Waals surface area contributed by atoms with E-state index in [2.05, 4.69) is 0 Å². The van der Waals surface area contributed by atoms with Gasteiger partial charge in [0, 0.05) is 5.69 Å². The fraction of sp³-hybridized carbons (Fsp3) is 0.133. The van der Waals surface area contributed by atoms with E-state index in [1.54, 1.807) is 12.1 Å². The maximum absolute atomic E-state index is 10.7. The SMILES string of the molecule is Nc1ccc(CCc2ccc(C(=O)O)cc2)cc1. The molecule has 0 aromatic heterocycles. The van der Waals surface area contributed by atoms with Crippen molar-refractivity contribution in [2.75, 3.05) is 5.73 Å². The molecule has 0 saturated heterocycles. The number of carboxylic acids is 1. The van der Waals surface area contributed by atoms with Crippen LogP contribution in [0, 0.1) is 0 Å². The zero-order chi connectivity index (χ0) is 13.0. The van der Waals surface area contributed by atoms with Crippen LogP contribution in [0.5, 0.6) is 0 Å². The molecule has 3 nitrogen and oxygen atoms in total. The third kappa shape index (κ3) is 3.10. The van der Waals surface area contributed by atoms with Gasteiger partial charge in [-0.2, -0.15) is 0 Å². The fourth-order valence-corrected chi connectivity index (χ4v) is 1.79. The van der Waals surface area contributed by atoms with Crippen molar-refractivity contribution >= 4 is 11.7 Å². The Hall–Kier alpha value is -2.29. The molecule has 18 heavy (non-hydrogen) atoms. The van der Waals surface area contributed by atoms with E-state index in [-0.39, 0.29) is 0 Å². The highest BCUT2D eigenvalue weighted by Crippen LogP contribution is 2.11. The second-order valence-corrected chi connectivity index (χ2v) is 4.24. The molecule has 92 valence electrons. The highest BCUT2D eigenvalue weighted by Gasteiger charge is 2.02. The Kier molecular flexibility index (Phi) is 3.63. The van der Waals surface area contributed by atoms with Crippen LogP contribution >= 0.6 is 0 Å². The van der Waals surface area contributed by atoms with Gasteiger partial charge in [-0.15, -0.1) is 0 Å². The second kappa shape index (κ2) is 5.36. The van der Waals surface area contributed by atoms with Gasteiger partial charge in [0.2, 0.25) is 0 Å². The van der Waals surface area contributed by atoms with E-state index in [0.29, 0.717) is 5.56 Å². The van der Waals surface area contributed by atoms with Crippen LogP contribution < -0.4 is 5.73 Å². The standard InChI is InChI=1S/C15H15NO2/c16-14-9-5-12(6-10-14)2-1-11-3-7-13(8-4-11)15(17)18/h3-10H,1-2,16H2,(H,17,18). The van der Waals surface area contributed by atoms with Crippen LogP contribution in [-0.2, 0) is 12.8 Å². The molecule has 2 rings (SSSR count). The van der Waals surface area contributed by atoms with Crippen molar-refractivity contribution in [2.24, 2.45) is 0 Å². The monoisotopic (exact) mass is 241 g/mol. The van der Waals surface area contributed by atoms with Crippen molar-refractivity contribution in [1.29, 1.82) is 0 Å². The summed E-state index contributed by atoms with van der Waals surface area (Å²) in [4.78, 5) is 10.7. The number of aromatic carboxylic acids is 1. The molecule has 3 N–H and O–H groups in total. The number of rotatable bonds is 4. The third-order valence-corrected chi connectivity index (χ3v) is 2.88. The first-order chi connectivity index (χ1) is 8.65. The third-order valence-electron chi connectivity index (χ3n) is 2.88. The van der Waals surface area contributed by atoms with E-state index in [9.17, 15) is 4.79 Å². The summed E-state index contributed by atoms with van der Waals surface area (Å²) in [6.07, 6.45) is 1.82. The molecule has 0 atom stereocenters. The molecule has 0 spiro atoms. The molecule has 2 aromatic carbocycles. The van der Waals surface area contributed by atoms with Crippen molar-refractivity contribution in [1.82, 2.24) is 0 Å². The van der Waals surface area contributed by atoms with Crippen LogP contribution in [0.25, 0.3) is 0 Å². The zero-order valence-electron chi connectivity index (χ0n) is 9.97. The van der Waals surface area contributed by atoms with E-state index in [1.165, 1.54) is 5.56 Å². The molecule has 3 heteroatoms. The largest absolute Gasteiger partial charge is 0.478 e. The summed E-state index contributed by atoms with van der Waals surface area (Å²) in [6.45, 7) is 0. The van der Waals surface area contributed by atoms with E-state index >= 15 is 0 Å². The van der Waals surface area contributed by atoms with Crippen molar-refractivity contribution in [3.63, 3.8) is 0 Å². The van der Waals surface area contributed by atoms with Crippen LogP contribution in [0.2, 0.25) is 0 Å². The number of aryl methyl sites for hydroxylation is 2. The van der Waals surface area contributed by atoms with Gasteiger partial charge in [-0.1, -0.05) is 24.3 Å². The van der Waals surface area contributed by atoms with Crippen molar-refractivity contribution in [3.05, 3.63) is 65.2 Å². The highest BCUT2D eigenvalue weighted by atomic mass is 16.4. The van der Waals surface area contributed by atoms with Crippen LogP contribution in [0.1, 0.15) is 21.5 Å². The van der Waals surface area contributed by atoms with Gasteiger partial charge < -0.3 is 10.8 Å². The molecule has 2 aromatic rings. The number of carboxylic acid groups (broad SMARTS) is 1. The van der Waals surface area contributed by atoms with Gasteiger partial charge in [-0.25, -0.2) is 4.79 Å². The van der Waals surface area contributed by atoms with Crippen LogP contribution in [0.15, 0.2) is 48.5 Å². The van der Waals surface area contributed by atoms with Crippen LogP contribution in [0.3, 0.4) is 0 Å². The lowest BCUT2D eigenvalue weighted by Gasteiger charge is -2.03. The first kappa shape index (κ1) is 12.2. The summed E-state index contributed by atoms with van der Waals surface area (Å²) < 4.78 is 0. The minimum atomic E-state index is -0.889. The van der Waals surface area contributed by atoms with Gasteiger partial charge in [0.05, 0.1) is 5.56 Å². The predicted octanol–water partition coefficient (Wildman–Crippen LogP) is 2.75. The van der Waals surface area contributed by atoms with Crippen LogP contribution in [-0.4, -0.2) is 11.1 Å². The molecule has 0 fully saturated rings. The quantitative estimate of drug-likeness (QED) is 0.809. The molecule has 0 heterocycles. The summed E-state index contributed by atoms with van der Waals surface area (Å²) >= 11 is 0. The number of anilines is 1. The van der Waals surface area contributed by atoms with Crippen molar-refractivity contribution in [2.45, 2.75) is 12.8 Å². The Morgan fingerprint density at radius 2 is 1.33 bits per heavy atom. The number of hydrogen-bond donors (Lipinski definition) is 2. The molecular weight excluding hydrogens is 226 g/mol. The molecule has 0 radical (unpaired) electrons. The molecule has 0 amide bonds. The minimum Gasteiger partial charge on any atom is -0.478 e. The van der Waals surface area contributed by atoms with E-state index in [0.717, 1.165) is 24.1 Å². The molecule has 0 bridgehead atoms.